The van der Waals surface area contributed by atoms with Crippen molar-refractivity contribution in [3.05, 3.63) is 69.4 Å². The van der Waals surface area contributed by atoms with Crippen LogP contribution in [0.5, 0.6) is 0 Å². The highest BCUT2D eigenvalue weighted by Gasteiger charge is 2.31. The highest BCUT2D eigenvalue weighted by Crippen LogP contribution is 2.26. The Hall–Kier alpha value is -3.08. The van der Waals surface area contributed by atoms with E-state index in [0.717, 1.165) is 29.0 Å². The van der Waals surface area contributed by atoms with Gasteiger partial charge in [-0.2, -0.15) is 4.31 Å². The average molecular weight is 471 g/mol. The Morgan fingerprint density at radius 3 is 2.55 bits per heavy atom. The van der Waals surface area contributed by atoms with Gasteiger partial charge in [0.15, 0.2) is 5.78 Å². The number of nitro groups is 1. The Morgan fingerprint density at radius 1 is 1.15 bits per heavy atom. The number of nitro benzene ring substituents is 1. The summed E-state index contributed by atoms with van der Waals surface area (Å²) in [6, 6.07) is 9.78. The minimum atomic E-state index is -3.87. The Bertz CT molecular complexity index is 1320. The van der Waals surface area contributed by atoms with Gasteiger partial charge in [0.05, 0.1) is 16.4 Å². The van der Waals surface area contributed by atoms with Crippen LogP contribution in [-0.2, 0) is 16.4 Å². The number of non-ortho nitro benzene ring substituents is 1. The number of Topliss-reactive ketones (excluding diaryl/α,β-unsaturated/α-hetero) is 1. The van der Waals surface area contributed by atoms with Crippen molar-refractivity contribution in [3.8, 4) is 0 Å². The maximum atomic E-state index is 13.1. The van der Waals surface area contributed by atoms with Crippen LogP contribution in [-0.4, -0.2) is 66.0 Å². The van der Waals surface area contributed by atoms with Crippen molar-refractivity contribution < 1.29 is 18.1 Å². The Balaban J connectivity index is 1.45. The molecule has 1 saturated heterocycles. The standard InChI is InChI=1S/C23H26N4O5S/c1-3-17-5-4-6-19-20(14-24-23(17)19)21(28)15-25-9-11-26(12-10-25)33(31,32)22-13-18(27(29)30)8-7-16(22)2/h4-8,13-14,24H,3,9-12,15H2,1-2H3. The van der Waals surface area contributed by atoms with E-state index in [1.807, 2.05) is 23.1 Å². The summed E-state index contributed by atoms with van der Waals surface area (Å²) in [6.07, 6.45) is 2.61. The summed E-state index contributed by atoms with van der Waals surface area (Å²) >= 11 is 0. The monoisotopic (exact) mass is 470 g/mol. The van der Waals surface area contributed by atoms with Crippen LogP contribution in [0.3, 0.4) is 0 Å². The zero-order valence-electron chi connectivity index (χ0n) is 18.6. The molecule has 10 heteroatoms. The van der Waals surface area contributed by atoms with Crippen LogP contribution >= 0.6 is 0 Å². The van der Waals surface area contributed by atoms with Gasteiger partial charge in [0, 0.05) is 61.0 Å². The quantitative estimate of drug-likeness (QED) is 0.322. The van der Waals surface area contributed by atoms with Crippen LogP contribution in [0.4, 0.5) is 5.69 Å². The summed E-state index contributed by atoms with van der Waals surface area (Å²) in [5, 5.41) is 12.0. The molecule has 3 aromatic rings. The van der Waals surface area contributed by atoms with E-state index in [1.165, 1.54) is 16.4 Å². The van der Waals surface area contributed by atoms with Crippen molar-refractivity contribution in [1.29, 1.82) is 0 Å². The van der Waals surface area contributed by atoms with Gasteiger partial charge in [-0.05, 0) is 24.5 Å². The molecule has 2 aromatic carbocycles. The highest BCUT2D eigenvalue weighted by atomic mass is 32.2. The number of aromatic amines is 1. The first-order chi connectivity index (χ1) is 15.7. The third-order valence-electron chi connectivity index (χ3n) is 6.18. The van der Waals surface area contributed by atoms with Crippen molar-refractivity contribution in [2.24, 2.45) is 0 Å². The van der Waals surface area contributed by atoms with Gasteiger partial charge < -0.3 is 4.98 Å². The number of carbonyl (C=O) groups is 1. The molecule has 33 heavy (non-hydrogen) atoms. The van der Waals surface area contributed by atoms with Gasteiger partial charge in [-0.25, -0.2) is 8.42 Å². The lowest BCUT2D eigenvalue weighted by Crippen LogP contribution is -2.49. The predicted molar refractivity (Wildman–Crippen MR) is 125 cm³/mol. The third-order valence-corrected chi connectivity index (χ3v) is 8.22. The fourth-order valence-corrected chi connectivity index (χ4v) is 5.94. The van der Waals surface area contributed by atoms with E-state index in [-0.39, 0.29) is 36.0 Å². The molecular formula is C23H26N4O5S. The zero-order chi connectivity index (χ0) is 23.8. The molecule has 0 spiro atoms. The largest absolute Gasteiger partial charge is 0.360 e. The van der Waals surface area contributed by atoms with E-state index in [9.17, 15) is 23.3 Å². The molecule has 1 aliphatic rings. The molecule has 4 rings (SSSR count). The molecule has 0 atom stereocenters. The molecule has 0 radical (unpaired) electrons. The Morgan fingerprint density at radius 2 is 1.88 bits per heavy atom. The lowest BCUT2D eigenvalue weighted by molar-refractivity contribution is -0.385. The minimum absolute atomic E-state index is 0.0136. The number of para-hydroxylation sites is 1. The number of piperazine rings is 1. The summed E-state index contributed by atoms with van der Waals surface area (Å²) < 4.78 is 27.6. The van der Waals surface area contributed by atoms with E-state index in [1.54, 1.807) is 13.1 Å². The second kappa shape index (κ2) is 9.05. The first-order valence-electron chi connectivity index (χ1n) is 10.8. The maximum Gasteiger partial charge on any atom is 0.270 e. The fraction of sp³-hybridized carbons (Fsp3) is 0.348. The van der Waals surface area contributed by atoms with Crippen molar-refractivity contribution >= 4 is 32.4 Å². The first kappa shape index (κ1) is 23.1. The average Bonchev–Trinajstić information content (AvgIpc) is 3.24. The Kier molecular flexibility index (Phi) is 6.33. The number of hydrogen-bond donors (Lipinski definition) is 1. The molecule has 0 amide bonds. The van der Waals surface area contributed by atoms with Gasteiger partial charge >= 0.3 is 0 Å². The second-order valence-electron chi connectivity index (χ2n) is 8.21. The Labute approximate surface area is 192 Å². The van der Waals surface area contributed by atoms with E-state index in [2.05, 4.69) is 11.9 Å². The van der Waals surface area contributed by atoms with E-state index < -0.39 is 14.9 Å². The van der Waals surface area contributed by atoms with Gasteiger partial charge in [-0.3, -0.25) is 19.8 Å². The molecule has 1 aliphatic heterocycles. The summed E-state index contributed by atoms with van der Waals surface area (Å²) in [7, 11) is -3.87. The molecule has 0 saturated carbocycles. The van der Waals surface area contributed by atoms with Gasteiger partial charge in [0.1, 0.15) is 0 Å². The predicted octanol–water partition coefficient (Wildman–Crippen LogP) is 3.14. The number of sulfonamides is 1. The normalized spacial score (nSPS) is 15.7. The van der Waals surface area contributed by atoms with Gasteiger partial charge in [-0.15, -0.1) is 0 Å². The van der Waals surface area contributed by atoms with Crippen LogP contribution in [0.15, 0.2) is 47.5 Å². The van der Waals surface area contributed by atoms with Crippen LogP contribution in [0, 0.1) is 17.0 Å². The van der Waals surface area contributed by atoms with Gasteiger partial charge in [0.2, 0.25) is 10.0 Å². The lowest BCUT2D eigenvalue weighted by Gasteiger charge is -2.33. The molecule has 0 aliphatic carbocycles. The fourth-order valence-electron chi connectivity index (χ4n) is 4.28. The number of rotatable bonds is 7. The number of hydrogen-bond acceptors (Lipinski definition) is 6. The minimum Gasteiger partial charge on any atom is -0.360 e. The molecule has 1 fully saturated rings. The molecular weight excluding hydrogens is 444 g/mol. The van der Waals surface area contributed by atoms with Crippen LogP contribution in [0.2, 0.25) is 0 Å². The van der Waals surface area contributed by atoms with E-state index in [4.69, 9.17) is 0 Å². The summed E-state index contributed by atoms with van der Waals surface area (Å²) in [5.41, 5.74) is 2.98. The van der Waals surface area contributed by atoms with Crippen molar-refractivity contribution in [1.82, 2.24) is 14.2 Å². The molecule has 2 heterocycles. The van der Waals surface area contributed by atoms with Crippen molar-refractivity contribution in [3.63, 3.8) is 0 Å². The molecule has 1 aromatic heterocycles. The number of fused-ring (bicyclic) bond motifs is 1. The topological polar surface area (TPSA) is 117 Å². The molecule has 0 unspecified atom stereocenters. The number of benzene rings is 2. The second-order valence-corrected chi connectivity index (χ2v) is 10.1. The molecule has 9 nitrogen and oxygen atoms in total. The zero-order valence-corrected chi connectivity index (χ0v) is 19.4. The molecule has 174 valence electrons. The highest BCUT2D eigenvalue weighted by molar-refractivity contribution is 7.89. The van der Waals surface area contributed by atoms with Crippen molar-refractivity contribution in [2.45, 2.75) is 25.2 Å². The van der Waals surface area contributed by atoms with E-state index >= 15 is 0 Å². The third kappa shape index (κ3) is 4.41. The number of nitrogens with one attached hydrogen (secondary N) is 1. The maximum absolute atomic E-state index is 13.1. The number of aromatic nitrogens is 1. The first-order valence-corrected chi connectivity index (χ1v) is 12.3. The molecule has 1 N–H and O–H groups in total. The van der Waals surface area contributed by atoms with Crippen LogP contribution < -0.4 is 0 Å². The number of aryl methyl sites for hydroxylation is 2. The summed E-state index contributed by atoms with van der Waals surface area (Å²) in [5.74, 6) is -0.0136. The SMILES string of the molecule is CCc1cccc2c(C(=O)CN3CCN(S(=O)(=O)c4cc([N+](=O)[O-])ccc4C)CC3)c[nH]c12. The summed E-state index contributed by atoms with van der Waals surface area (Å²) in [6.45, 7) is 5.13. The summed E-state index contributed by atoms with van der Waals surface area (Å²) in [4.78, 5) is 28.6. The van der Waals surface area contributed by atoms with E-state index in [0.29, 0.717) is 24.2 Å². The number of carbonyl (C=O) groups excluding carboxylic acids is 1. The molecule has 0 bridgehead atoms. The van der Waals surface area contributed by atoms with Gasteiger partial charge in [-0.1, -0.05) is 31.2 Å². The number of H-pyrrole nitrogens is 1. The van der Waals surface area contributed by atoms with Crippen LogP contribution in [0.25, 0.3) is 10.9 Å². The number of nitrogens with zero attached hydrogens (tertiary/aromatic N) is 3. The van der Waals surface area contributed by atoms with Crippen LogP contribution in [0.1, 0.15) is 28.4 Å². The van der Waals surface area contributed by atoms with Gasteiger partial charge in [0.25, 0.3) is 5.69 Å². The smallest absolute Gasteiger partial charge is 0.270 e. The number of ketones is 1. The van der Waals surface area contributed by atoms with Crippen molar-refractivity contribution in [2.75, 3.05) is 32.7 Å². The lowest BCUT2D eigenvalue weighted by atomic mass is 10.0.